The van der Waals surface area contributed by atoms with Gasteiger partial charge < -0.3 is 9.84 Å². The summed E-state index contributed by atoms with van der Waals surface area (Å²) in [6.07, 6.45) is 0. The Bertz CT molecular complexity index is 406. The Balaban J connectivity index is 1.96. The maximum atomic E-state index is 9.08. The van der Waals surface area contributed by atoms with Crippen LogP contribution < -0.4 is 4.74 Å². The molecule has 0 unspecified atom stereocenters. The normalized spacial score (nSPS) is 9.87. The van der Waals surface area contributed by atoms with Crippen LogP contribution in [0.2, 0.25) is 0 Å². The highest BCUT2D eigenvalue weighted by Gasteiger charge is 1.96. The van der Waals surface area contributed by atoms with Crippen molar-refractivity contribution in [2.24, 2.45) is 0 Å². The molecule has 2 heteroatoms. The Morgan fingerprint density at radius 2 is 1.53 bits per heavy atom. The lowest BCUT2D eigenvalue weighted by atomic mass is 10.2. The van der Waals surface area contributed by atoms with Crippen LogP contribution in [-0.2, 0) is 0 Å². The average Bonchev–Trinajstić information content (AvgIpc) is 2.30. The van der Waals surface area contributed by atoms with Gasteiger partial charge >= 0.3 is 0 Å². The van der Waals surface area contributed by atoms with Crippen molar-refractivity contribution in [3.63, 3.8) is 0 Å². The van der Waals surface area contributed by atoms with E-state index in [0.717, 1.165) is 5.56 Å². The molecule has 2 aromatic rings. The number of benzene rings is 2. The fourth-order valence-electron chi connectivity index (χ4n) is 1.19. The lowest BCUT2D eigenvalue weighted by Crippen LogP contribution is -1.91. The second-order valence-corrected chi connectivity index (χ2v) is 3.14. The van der Waals surface area contributed by atoms with Gasteiger partial charge in [-0.3, -0.25) is 0 Å². The number of rotatable bonds is 3. The van der Waals surface area contributed by atoms with E-state index < -0.39 is 0 Å². The van der Waals surface area contributed by atoms with E-state index in [2.05, 4.69) is 0 Å². The lowest BCUT2D eigenvalue weighted by Gasteiger charge is -2.04. The van der Waals surface area contributed by atoms with Gasteiger partial charge in [-0.2, -0.15) is 0 Å². The monoisotopic (exact) mass is 199 g/mol. The van der Waals surface area contributed by atoms with Crippen LogP contribution in [0.1, 0.15) is 5.56 Å². The molecule has 2 rings (SSSR count). The summed E-state index contributed by atoms with van der Waals surface area (Å²) in [5.41, 5.74) is 1.01. The SMILES string of the molecule is Oc1ccc(O[CH]c2ccccc2)cc1. The fraction of sp³-hybridized carbons (Fsp3) is 0. The third-order valence-corrected chi connectivity index (χ3v) is 1.97. The molecule has 0 fully saturated rings. The van der Waals surface area contributed by atoms with Gasteiger partial charge in [0.05, 0.1) is 0 Å². The number of hydrogen-bond donors (Lipinski definition) is 1. The molecular formula is C13H11O2. The summed E-state index contributed by atoms with van der Waals surface area (Å²) in [6.45, 7) is 1.67. The smallest absolute Gasteiger partial charge is 0.165 e. The first kappa shape index (κ1) is 9.59. The van der Waals surface area contributed by atoms with E-state index in [1.807, 2.05) is 30.3 Å². The van der Waals surface area contributed by atoms with Crippen LogP contribution in [0.4, 0.5) is 0 Å². The first-order valence-corrected chi connectivity index (χ1v) is 4.68. The molecule has 15 heavy (non-hydrogen) atoms. The van der Waals surface area contributed by atoms with E-state index in [-0.39, 0.29) is 5.75 Å². The zero-order valence-electron chi connectivity index (χ0n) is 8.13. The first-order chi connectivity index (χ1) is 7.34. The zero-order chi connectivity index (χ0) is 10.5. The molecule has 0 aliphatic heterocycles. The Labute approximate surface area is 88.8 Å². The molecule has 0 spiro atoms. The molecule has 0 atom stereocenters. The number of aromatic hydroxyl groups is 1. The molecule has 0 aliphatic rings. The van der Waals surface area contributed by atoms with Gasteiger partial charge in [-0.05, 0) is 29.8 Å². The summed E-state index contributed by atoms with van der Waals surface area (Å²) in [7, 11) is 0. The third kappa shape index (κ3) is 2.74. The van der Waals surface area contributed by atoms with Gasteiger partial charge in [0.25, 0.3) is 0 Å². The maximum Gasteiger partial charge on any atom is 0.165 e. The third-order valence-electron chi connectivity index (χ3n) is 1.97. The summed E-state index contributed by atoms with van der Waals surface area (Å²) >= 11 is 0. The Morgan fingerprint density at radius 3 is 2.20 bits per heavy atom. The van der Waals surface area contributed by atoms with Gasteiger partial charge in [-0.1, -0.05) is 30.3 Å². The summed E-state index contributed by atoms with van der Waals surface area (Å²) in [5, 5.41) is 9.08. The summed E-state index contributed by atoms with van der Waals surface area (Å²) in [6, 6.07) is 16.4. The topological polar surface area (TPSA) is 29.5 Å². The molecule has 1 N–H and O–H groups in total. The van der Waals surface area contributed by atoms with Gasteiger partial charge in [-0.25, -0.2) is 0 Å². The molecule has 2 nitrogen and oxygen atoms in total. The first-order valence-electron chi connectivity index (χ1n) is 4.68. The molecule has 0 bridgehead atoms. The summed E-state index contributed by atoms with van der Waals surface area (Å²) in [4.78, 5) is 0. The van der Waals surface area contributed by atoms with Crippen LogP contribution in [0, 0.1) is 6.61 Å². The Morgan fingerprint density at radius 1 is 0.867 bits per heavy atom. The highest BCUT2D eigenvalue weighted by molar-refractivity contribution is 5.31. The van der Waals surface area contributed by atoms with Crippen LogP contribution >= 0.6 is 0 Å². The molecule has 0 aliphatic carbocycles. The minimum atomic E-state index is 0.238. The number of phenolic OH excluding ortho intramolecular Hbond substituents is 1. The van der Waals surface area contributed by atoms with E-state index in [4.69, 9.17) is 9.84 Å². The lowest BCUT2D eigenvalue weighted by molar-refractivity contribution is 0.425. The van der Waals surface area contributed by atoms with Crippen LogP contribution in [0.3, 0.4) is 0 Å². The molecule has 2 aromatic carbocycles. The molecule has 0 saturated heterocycles. The van der Waals surface area contributed by atoms with Crippen molar-refractivity contribution in [1.29, 1.82) is 0 Å². The van der Waals surface area contributed by atoms with Crippen LogP contribution in [0.15, 0.2) is 54.6 Å². The minimum absolute atomic E-state index is 0.238. The molecular weight excluding hydrogens is 188 g/mol. The van der Waals surface area contributed by atoms with Crippen LogP contribution in [0.25, 0.3) is 0 Å². The fourth-order valence-corrected chi connectivity index (χ4v) is 1.19. The van der Waals surface area contributed by atoms with Gasteiger partial charge in [0.2, 0.25) is 0 Å². The van der Waals surface area contributed by atoms with E-state index in [1.54, 1.807) is 30.9 Å². The van der Waals surface area contributed by atoms with Crippen LogP contribution in [0.5, 0.6) is 11.5 Å². The average molecular weight is 199 g/mol. The van der Waals surface area contributed by atoms with Crippen molar-refractivity contribution in [1.82, 2.24) is 0 Å². The standard InChI is InChI=1S/C13H11O2/c14-12-6-8-13(9-7-12)15-10-11-4-2-1-3-5-11/h1-10,14H. The highest BCUT2D eigenvalue weighted by atomic mass is 16.5. The van der Waals surface area contributed by atoms with Gasteiger partial charge in [-0.15, -0.1) is 0 Å². The molecule has 0 heterocycles. The van der Waals surface area contributed by atoms with E-state index >= 15 is 0 Å². The molecule has 0 saturated carbocycles. The number of hydrogen-bond acceptors (Lipinski definition) is 2. The molecule has 0 aromatic heterocycles. The number of phenols is 1. The largest absolute Gasteiger partial charge is 0.508 e. The van der Waals surface area contributed by atoms with Crippen molar-refractivity contribution in [2.75, 3.05) is 0 Å². The van der Waals surface area contributed by atoms with Crippen molar-refractivity contribution < 1.29 is 9.84 Å². The maximum absolute atomic E-state index is 9.08. The van der Waals surface area contributed by atoms with Crippen molar-refractivity contribution in [2.45, 2.75) is 0 Å². The molecule has 0 amide bonds. The number of ether oxygens (including phenoxy) is 1. The van der Waals surface area contributed by atoms with Gasteiger partial charge in [0.15, 0.2) is 6.61 Å². The predicted molar refractivity (Wildman–Crippen MR) is 58.6 cm³/mol. The summed E-state index contributed by atoms with van der Waals surface area (Å²) in [5.74, 6) is 0.943. The van der Waals surface area contributed by atoms with Gasteiger partial charge in [0.1, 0.15) is 11.5 Å². The van der Waals surface area contributed by atoms with E-state index in [0.29, 0.717) is 5.75 Å². The van der Waals surface area contributed by atoms with Crippen molar-refractivity contribution >= 4 is 0 Å². The van der Waals surface area contributed by atoms with Crippen LogP contribution in [-0.4, -0.2) is 5.11 Å². The second-order valence-electron chi connectivity index (χ2n) is 3.14. The van der Waals surface area contributed by atoms with E-state index in [9.17, 15) is 0 Å². The Kier molecular flexibility index (Phi) is 2.88. The van der Waals surface area contributed by atoms with E-state index in [1.165, 1.54) is 0 Å². The minimum Gasteiger partial charge on any atom is -0.508 e. The van der Waals surface area contributed by atoms with Crippen molar-refractivity contribution in [3.8, 4) is 11.5 Å². The predicted octanol–water partition coefficient (Wildman–Crippen LogP) is 2.98. The zero-order valence-corrected chi connectivity index (χ0v) is 8.13. The van der Waals surface area contributed by atoms with Crippen molar-refractivity contribution in [3.05, 3.63) is 66.8 Å². The summed E-state index contributed by atoms with van der Waals surface area (Å²) < 4.78 is 5.41. The van der Waals surface area contributed by atoms with Gasteiger partial charge in [0, 0.05) is 0 Å². The highest BCUT2D eigenvalue weighted by Crippen LogP contribution is 2.17. The molecule has 1 radical (unpaired) electrons. The Hall–Kier alpha value is -1.96. The second kappa shape index (κ2) is 4.51. The quantitative estimate of drug-likeness (QED) is 0.823. The molecule has 75 valence electrons.